The van der Waals surface area contributed by atoms with E-state index in [4.69, 9.17) is 0 Å². The van der Waals surface area contributed by atoms with Crippen LogP contribution in [0.1, 0.15) is 18.9 Å². The zero-order chi connectivity index (χ0) is 11.1. The molecule has 1 aromatic rings. The van der Waals surface area contributed by atoms with E-state index in [0.29, 0.717) is 13.0 Å². The Morgan fingerprint density at radius 3 is 2.53 bits per heavy atom. The Bertz CT molecular complexity index is 300. The largest absolute Gasteiger partial charge is 0.339 e. The summed E-state index contributed by atoms with van der Waals surface area (Å²) in [5.41, 5.74) is 1.18. The summed E-state index contributed by atoms with van der Waals surface area (Å²) in [7, 11) is 0. The number of rotatable bonds is 5. The second-order valence-electron chi connectivity index (χ2n) is 3.33. The molecule has 0 aliphatic carbocycles. The summed E-state index contributed by atoms with van der Waals surface area (Å²) in [6.07, 6.45) is 0.570. The minimum Gasteiger partial charge on any atom is -0.339 e. The predicted octanol–water partition coefficient (Wildman–Crippen LogP) is 2.82. The molecule has 1 aromatic carbocycles. The van der Waals surface area contributed by atoms with E-state index in [1.807, 2.05) is 42.2 Å². The molecule has 0 unspecified atom stereocenters. The Balaban J connectivity index is 2.58. The molecule has 0 bridgehead atoms. The van der Waals surface area contributed by atoms with Crippen LogP contribution in [0.15, 0.2) is 30.3 Å². The van der Waals surface area contributed by atoms with Crippen LogP contribution in [0, 0.1) is 0 Å². The molecule has 0 saturated carbocycles. The highest BCUT2D eigenvalue weighted by molar-refractivity contribution is 9.09. The third kappa shape index (κ3) is 4.04. The van der Waals surface area contributed by atoms with Gasteiger partial charge in [0.25, 0.3) is 0 Å². The van der Waals surface area contributed by atoms with Gasteiger partial charge in [0.15, 0.2) is 0 Å². The highest BCUT2D eigenvalue weighted by Crippen LogP contribution is 2.06. The summed E-state index contributed by atoms with van der Waals surface area (Å²) in [5.74, 6) is 0.207. The molecule has 0 saturated heterocycles. The van der Waals surface area contributed by atoms with Crippen molar-refractivity contribution in [1.82, 2.24) is 4.90 Å². The lowest BCUT2D eigenvalue weighted by molar-refractivity contribution is -0.131. The number of alkyl halides is 1. The van der Waals surface area contributed by atoms with E-state index in [1.165, 1.54) is 5.56 Å². The van der Waals surface area contributed by atoms with Gasteiger partial charge in [0.1, 0.15) is 0 Å². The molecule has 0 atom stereocenters. The highest BCUT2D eigenvalue weighted by Gasteiger charge is 2.10. The lowest BCUT2D eigenvalue weighted by Crippen LogP contribution is -2.30. The number of halogens is 1. The normalized spacial score (nSPS) is 10.0. The fourth-order valence-electron chi connectivity index (χ4n) is 1.42. The number of carbonyl (C=O) groups excluding carboxylic acids is 1. The predicted molar refractivity (Wildman–Crippen MR) is 65.9 cm³/mol. The third-order valence-corrected chi connectivity index (χ3v) is 2.66. The highest BCUT2D eigenvalue weighted by atomic mass is 79.9. The molecular weight excluding hydrogens is 254 g/mol. The fourth-order valence-corrected chi connectivity index (χ4v) is 1.76. The lowest BCUT2D eigenvalue weighted by Gasteiger charge is -2.20. The quantitative estimate of drug-likeness (QED) is 0.753. The smallest absolute Gasteiger partial charge is 0.223 e. The van der Waals surface area contributed by atoms with Crippen molar-refractivity contribution in [2.24, 2.45) is 0 Å². The van der Waals surface area contributed by atoms with Crippen LogP contribution < -0.4 is 0 Å². The molecule has 0 heterocycles. The van der Waals surface area contributed by atoms with Crippen molar-refractivity contribution in [3.05, 3.63) is 35.9 Å². The summed E-state index contributed by atoms with van der Waals surface area (Å²) >= 11 is 3.29. The van der Waals surface area contributed by atoms with Crippen molar-refractivity contribution in [2.75, 3.05) is 11.9 Å². The van der Waals surface area contributed by atoms with Gasteiger partial charge in [0, 0.05) is 24.8 Å². The number of benzene rings is 1. The summed E-state index contributed by atoms with van der Waals surface area (Å²) in [4.78, 5) is 13.5. The van der Waals surface area contributed by atoms with Gasteiger partial charge in [-0.05, 0) is 12.5 Å². The van der Waals surface area contributed by atoms with Gasteiger partial charge >= 0.3 is 0 Å². The van der Waals surface area contributed by atoms with Crippen LogP contribution in [-0.4, -0.2) is 22.7 Å². The average molecular weight is 270 g/mol. The average Bonchev–Trinajstić information content (AvgIpc) is 2.27. The number of hydrogen-bond donors (Lipinski definition) is 0. The van der Waals surface area contributed by atoms with Crippen LogP contribution in [0.3, 0.4) is 0 Å². The van der Waals surface area contributed by atoms with Gasteiger partial charge in [-0.3, -0.25) is 4.79 Å². The number of amides is 1. The first-order chi connectivity index (χ1) is 7.27. The van der Waals surface area contributed by atoms with Crippen molar-refractivity contribution < 1.29 is 4.79 Å². The third-order valence-electron chi connectivity index (χ3n) is 2.26. The summed E-state index contributed by atoms with van der Waals surface area (Å²) in [6.45, 7) is 3.49. The zero-order valence-corrected chi connectivity index (χ0v) is 10.5. The van der Waals surface area contributed by atoms with E-state index in [1.54, 1.807) is 0 Å². The number of nitrogens with zero attached hydrogens (tertiary/aromatic N) is 1. The first-order valence-corrected chi connectivity index (χ1v) is 6.27. The number of carbonyl (C=O) groups is 1. The van der Waals surface area contributed by atoms with Crippen LogP contribution in [0.2, 0.25) is 0 Å². The fraction of sp³-hybridized carbons (Fsp3) is 0.417. The Hall–Kier alpha value is -0.830. The molecule has 0 spiro atoms. The van der Waals surface area contributed by atoms with E-state index < -0.39 is 0 Å². The Labute approximate surface area is 99.4 Å². The molecule has 15 heavy (non-hydrogen) atoms. The molecule has 0 N–H and O–H groups in total. The van der Waals surface area contributed by atoms with E-state index >= 15 is 0 Å². The Kier molecular flexibility index (Phi) is 5.40. The number of hydrogen-bond acceptors (Lipinski definition) is 1. The molecule has 1 rings (SSSR count). The van der Waals surface area contributed by atoms with Crippen LogP contribution in [0.4, 0.5) is 0 Å². The summed E-state index contributed by atoms with van der Waals surface area (Å²) in [5, 5.41) is 0.733. The molecule has 2 nitrogen and oxygen atoms in total. The van der Waals surface area contributed by atoms with Crippen LogP contribution >= 0.6 is 15.9 Å². The van der Waals surface area contributed by atoms with Crippen molar-refractivity contribution in [3.63, 3.8) is 0 Å². The zero-order valence-electron chi connectivity index (χ0n) is 8.95. The van der Waals surface area contributed by atoms with Crippen LogP contribution in [-0.2, 0) is 11.3 Å². The van der Waals surface area contributed by atoms with Gasteiger partial charge in [-0.25, -0.2) is 0 Å². The van der Waals surface area contributed by atoms with Gasteiger partial charge in [-0.1, -0.05) is 46.3 Å². The monoisotopic (exact) mass is 269 g/mol. The molecule has 0 aromatic heterocycles. The second kappa shape index (κ2) is 6.62. The van der Waals surface area contributed by atoms with Gasteiger partial charge in [-0.2, -0.15) is 0 Å². The van der Waals surface area contributed by atoms with Gasteiger partial charge in [0.2, 0.25) is 5.91 Å². The lowest BCUT2D eigenvalue weighted by atomic mass is 10.2. The minimum atomic E-state index is 0.207. The van der Waals surface area contributed by atoms with E-state index in [9.17, 15) is 4.79 Å². The van der Waals surface area contributed by atoms with Crippen molar-refractivity contribution >= 4 is 21.8 Å². The van der Waals surface area contributed by atoms with Gasteiger partial charge in [0.05, 0.1) is 0 Å². The Morgan fingerprint density at radius 1 is 1.33 bits per heavy atom. The maximum absolute atomic E-state index is 11.7. The van der Waals surface area contributed by atoms with E-state index in [0.717, 1.165) is 11.9 Å². The van der Waals surface area contributed by atoms with Gasteiger partial charge in [-0.15, -0.1) is 0 Å². The molecular formula is C12H16BrNO. The van der Waals surface area contributed by atoms with Gasteiger partial charge < -0.3 is 4.90 Å². The molecule has 1 amide bonds. The topological polar surface area (TPSA) is 20.3 Å². The second-order valence-corrected chi connectivity index (χ2v) is 4.13. The van der Waals surface area contributed by atoms with Crippen molar-refractivity contribution in [3.8, 4) is 0 Å². The maximum Gasteiger partial charge on any atom is 0.223 e. The van der Waals surface area contributed by atoms with Crippen molar-refractivity contribution in [1.29, 1.82) is 0 Å². The van der Waals surface area contributed by atoms with Crippen LogP contribution in [0.5, 0.6) is 0 Å². The SMILES string of the molecule is CCN(Cc1ccccc1)C(=O)CCBr. The van der Waals surface area contributed by atoms with Crippen molar-refractivity contribution in [2.45, 2.75) is 19.9 Å². The van der Waals surface area contributed by atoms with E-state index in [2.05, 4.69) is 15.9 Å². The standard InChI is InChI=1S/C12H16BrNO/c1-2-14(12(15)8-9-13)10-11-6-4-3-5-7-11/h3-7H,2,8-10H2,1H3. The Morgan fingerprint density at radius 2 is 2.00 bits per heavy atom. The first-order valence-electron chi connectivity index (χ1n) is 5.15. The maximum atomic E-state index is 11.7. The van der Waals surface area contributed by atoms with E-state index in [-0.39, 0.29) is 5.91 Å². The molecule has 0 fully saturated rings. The summed E-state index contributed by atoms with van der Waals surface area (Å²) < 4.78 is 0. The molecule has 0 aliphatic heterocycles. The molecule has 0 radical (unpaired) electrons. The summed E-state index contributed by atoms with van der Waals surface area (Å²) in [6, 6.07) is 10.1. The minimum absolute atomic E-state index is 0.207. The van der Waals surface area contributed by atoms with Crippen LogP contribution in [0.25, 0.3) is 0 Å². The molecule has 82 valence electrons. The molecule has 3 heteroatoms. The molecule has 0 aliphatic rings. The first kappa shape index (κ1) is 12.2.